The number of carbonyl (C=O) groups excluding carboxylic acids is 1. The number of likely N-dealkylation sites (N-methyl/N-ethyl adjacent to an activating group) is 1. The van der Waals surface area contributed by atoms with Crippen molar-refractivity contribution in [3.8, 4) is 0 Å². The Morgan fingerprint density at radius 1 is 1.37 bits per heavy atom. The molecule has 0 aliphatic rings. The zero-order valence-electron chi connectivity index (χ0n) is 12.4. The Hall–Kier alpha value is -1.65. The predicted molar refractivity (Wildman–Crippen MR) is 78.7 cm³/mol. The van der Waals surface area contributed by atoms with Crippen molar-refractivity contribution in [3.63, 3.8) is 0 Å². The Bertz CT molecular complexity index is 420. The van der Waals surface area contributed by atoms with Gasteiger partial charge < -0.3 is 10.2 Å². The highest BCUT2D eigenvalue weighted by Gasteiger charge is 2.08. The molecule has 0 saturated carbocycles. The molecule has 0 aromatic carbocycles. The van der Waals surface area contributed by atoms with Gasteiger partial charge in [0.25, 0.3) is 0 Å². The number of unbranched alkanes of at least 4 members (excludes halogenated alkanes) is 2. The minimum atomic E-state index is 0.122. The van der Waals surface area contributed by atoms with Gasteiger partial charge >= 0.3 is 0 Å². The second-order valence-electron chi connectivity index (χ2n) is 4.85. The standard InChI is InChI=1S/C14H24N4O/c1-5-6-7-8-15-13-9-14(17-12(3)16-13)18(4)10-11(2)19/h9H,5-8,10H2,1-4H3,(H,15,16,17). The number of anilines is 2. The fourth-order valence-corrected chi connectivity index (χ4v) is 1.84. The highest BCUT2D eigenvalue weighted by atomic mass is 16.1. The second-order valence-corrected chi connectivity index (χ2v) is 4.85. The van der Waals surface area contributed by atoms with E-state index in [4.69, 9.17) is 0 Å². The smallest absolute Gasteiger partial charge is 0.149 e. The van der Waals surface area contributed by atoms with E-state index in [1.807, 2.05) is 24.9 Å². The fraction of sp³-hybridized carbons (Fsp3) is 0.643. The Morgan fingerprint density at radius 2 is 2.11 bits per heavy atom. The fourth-order valence-electron chi connectivity index (χ4n) is 1.84. The van der Waals surface area contributed by atoms with E-state index in [0.29, 0.717) is 12.4 Å². The molecule has 0 aliphatic carbocycles. The van der Waals surface area contributed by atoms with E-state index in [1.165, 1.54) is 12.8 Å². The molecule has 0 unspecified atom stereocenters. The number of nitrogens with zero attached hydrogens (tertiary/aromatic N) is 3. The first-order valence-electron chi connectivity index (χ1n) is 6.83. The molecule has 0 spiro atoms. The van der Waals surface area contributed by atoms with E-state index in [2.05, 4.69) is 22.2 Å². The van der Waals surface area contributed by atoms with Crippen molar-refractivity contribution in [3.05, 3.63) is 11.9 Å². The van der Waals surface area contributed by atoms with Gasteiger partial charge in [-0.2, -0.15) is 0 Å². The maximum Gasteiger partial charge on any atom is 0.149 e. The molecule has 0 amide bonds. The molecule has 0 bridgehead atoms. The lowest BCUT2D eigenvalue weighted by Gasteiger charge is -2.17. The molecule has 5 heteroatoms. The summed E-state index contributed by atoms with van der Waals surface area (Å²) in [5.41, 5.74) is 0. The molecule has 5 nitrogen and oxygen atoms in total. The number of nitrogens with one attached hydrogen (secondary N) is 1. The number of Topliss-reactive ketones (excluding diaryl/α,β-unsaturated/α-hetero) is 1. The average Bonchev–Trinajstić information content (AvgIpc) is 2.33. The maximum atomic E-state index is 11.1. The summed E-state index contributed by atoms with van der Waals surface area (Å²) in [6.07, 6.45) is 3.56. The van der Waals surface area contributed by atoms with Crippen LogP contribution in [0.4, 0.5) is 11.6 Å². The average molecular weight is 264 g/mol. The third kappa shape index (κ3) is 5.68. The van der Waals surface area contributed by atoms with Gasteiger partial charge in [0.2, 0.25) is 0 Å². The molecule has 0 fully saturated rings. The molecule has 1 N–H and O–H groups in total. The summed E-state index contributed by atoms with van der Waals surface area (Å²) in [4.78, 5) is 21.7. The second kappa shape index (κ2) is 7.71. The third-order valence-corrected chi connectivity index (χ3v) is 2.76. The van der Waals surface area contributed by atoms with Gasteiger partial charge in [-0.3, -0.25) is 4.79 Å². The van der Waals surface area contributed by atoms with Gasteiger partial charge in [-0.05, 0) is 20.3 Å². The van der Waals surface area contributed by atoms with Crippen LogP contribution in [0, 0.1) is 6.92 Å². The lowest BCUT2D eigenvalue weighted by atomic mass is 10.2. The number of hydrogen-bond acceptors (Lipinski definition) is 5. The van der Waals surface area contributed by atoms with Crippen LogP contribution in [0.2, 0.25) is 0 Å². The minimum Gasteiger partial charge on any atom is -0.370 e. The lowest BCUT2D eigenvalue weighted by molar-refractivity contribution is -0.115. The summed E-state index contributed by atoms with van der Waals surface area (Å²) < 4.78 is 0. The van der Waals surface area contributed by atoms with Crippen molar-refractivity contribution in [2.75, 3.05) is 30.4 Å². The van der Waals surface area contributed by atoms with Crippen LogP contribution in [0.5, 0.6) is 0 Å². The van der Waals surface area contributed by atoms with Crippen LogP contribution in [-0.4, -0.2) is 35.9 Å². The van der Waals surface area contributed by atoms with Gasteiger partial charge in [0.05, 0.1) is 6.54 Å². The van der Waals surface area contributed by atoms with Crippen LogP contribution in [0.3, 0.4) is 0 Å². The quantitative estimate of drug-likeness (QED) is 0.731. The molecule has 0 aliphatic heterocycles. The van der Waals surface area contributed by atoms with E-state index >= 15 is 0 Å². The molecule has 106 valence electrons. The highest BCUT2D eigenvalue weighted by molar-refractivity contribution is 5.80. The number of aromatic nitrogens is 2. The summed E-state index contributed by atoms with van der Waals surface area (Å²) in [5.74, 6) is 2.44. The topological polar surface area (TPSA) is 58.1 Å². The normalized spacial score (nSPS) is 10.3. The molecule has 1 aromatic heterocycles. The van der Waals surface area contributed by atoms with E-state index in [1.54, 1.807) is 6.92 Å². The summed E-state index contributed by atoms with van der Waals surface area (Å²) >= 11 is 0. The molecule has 1 heterocycles. The Balaban J connectivity index is 2.67. The molecular formula is C14H24N4O. The van der Waals surface area contributed by atoms with Crippen molar-refractivity contribution in [1.82, 2.24) is 9.97 Å². The Labute approximate surface area is 115 Å². The van der Waals surface area contributed by atoms with Crippen molar-refractivity contribution in [2.45, 2.75) is 40.0 Å². The van der Waals surface area contributed by atoms with Gasteiger partial charge in [0.1, 0.15) is 23.2 Å². The van der Waals surface area contributed by atoms with Crippen LogP contribution in [-0.2, 0) is 4.79 Å². The first-order valence-corrected chi connectivity index (χ1v) is 6.83. The zero-order chi connectivity index (χ0) is 14.3. The van der Waals surface area contributed by atoms with E-state index in [0.717, 1.165) is 24.6 Å². The van der Waals surface area contributed by atoms with Gasteiger partial charge in [0.15, 0.2) is 0 Å². The van der Waals surface area contributed by atoms with Gasteiger partial charge in [-0.1, -0.05) is 19.8 Å². The predicted octanol–water partition coefficient (Wildman–Crippen LogP) is 2.41. The first kappa shape index (κ1) is 15.4. The monoisotopic (exact) mass is 264 g/mol. The van der Waals surface area contributed by atoms with Crippen LogP contribution < -0.4 is 10.2 Å². The van der Waals surface area contributed by atoms with Gasteiger partial charge in [0, 0.05) is 19.7 Å². The first-order chi connectivity index (χ1) is 9.02. The van der Waals surface area contributed by atoms with E-state index in [-0.39, 0.29) is 5.78 Å². The van der Waals surface area contributed by atoms with E-state index < -0.39 is 0 Å². The zero-order valence-corrected chi connectivity index (χ0v) is 12.4. The maximum absolute atomic E-state index is 11.1. The molecule has 0 radical (unpaired) electrons. The van der Waals surface area contributed by atoms with Crippen molar-refractivity contribution < 1.29 is 4.79 Å². The van der Waals surface area contributed by atoms with Crippen LogP contribution >= 0.6 is 0 Å². The minimum absolute atomic E-state index is 0.122. The Kier molecular flexibility index (Phi) is 6.25. The van der Waals surface area contributed by atoms with Crippen molar-refractivity contribution in [2.24, 2.45) is 0 Å². The van der Waals surface area contributed by atoms with Crippen molar-refractivity contribution >= 4 is 17.4 Å². The number of hydrogen-bond donors (Lipinski definition) is 1. The van der Waals surface area contributed by atoms with Crippen molar-refractivity contribution in [1.29, 1.82) is 0 Å². The summed E-state index contributed by atoms with van der Waals surface area (Å²) in [6.45, 7) is 6.91. The van der Waals surface area contributed by atoms with Gasteiger partial charge in [-0.25, -0.2) is 9.97 Å². The molecular weight excluding hydrogens is 240 g/mol. The largest absolute Gasteiger partial charge is 0.370 e. The number of rotatable bonds is 8. The number of carbonyl (C=O) groups is 1. The lowest BCUT2D eigenvalue weighted by Crippen LogP contribution is -2.25. The molecule has 1 rings (SSSR count). The number of aryl methyl sites for hydroxylation is 1. The van der Waals surface area contributed by atoms with Gasteiger partial charge in [-0.15, -0.1) is 0 Å². The third-order valence-electron chi connectivity index (χ3n) is 2.76. The van der Waals surface area contributed by atoms with Crippen LogP contribution in [0.1, 0.15) is 38.9 Å². The SMILES string of the molecule is CCCCCNc1cc(N(C)CC(C)=O)nc(C)n1. The summed E-state index contributed by atoms with van der Waals surface area (Å²) in [6, 6.07) is 1.89. The molecule has 0 saturated heterocycles. The highest BCUT2D eigenvalue weighted by Crippen LogP contribution is 2.14. The molecule has 19 heavy (non-hydrogen) atoms. The molecule has 0 atom stereocenters. The molecule has 1 aromatic rings. The van der Waals surface area contributed by atoms with Crippen LogP contribution in [0.15, 0.2) is 6.07 Å². The summed E-state index contributed by atoms with van der Waals surface area (Å²) in [7, 11) is 1.87. The number of ketones is 1. The van der Waals surface area contributed by atoms with E-state index in [9.17, 15) is 4.79 Å². The Morgan fingerprint density at radius 3 is 2.74 bits per heavy atom. The summed E-state index contributed by atoms with van der Waals surface area (Å²) in [5, 5.41) is 3.31. The van der Waals surface area contributed by atoms with Crippen LogP contribution in [0.25, 0.3) is 0 Å².